The van der Waals surface area contributed by atoms with Crippen molar-refractivity contribution >= 4 is 28.7 Å². The zero-order chi connectivity index (χ0) is 22.4. The van der Waals surface area contributed by atoms with Gasteiger partial charge in [-0.2, -0.15) is 0 Å². The number of aliphatic hydroxyl groups excluding tert-OH is 2. The normalized spacial score (nSPS) is 23.7. The minimum absolute atomic E-state index is 0.0167. The average molecular weight is 461 g/mol. The van der Waals surface area contributed by atoms with Gasteiger partial charge in [-0.1, -0.05) is 0 Å². The van der Waals surface area contributed by atoms with E-state index in [0.717, 1.165) is 6.33 Å². The topological polar surface area (TPSA) is 129 Å². The fourth-order valence-electron chi connectivity index (χ4n) is 3.27. The number of anilines is 1. The molecule has 4 atom stereocenters. The van der Waals surface area contributed by atoms with Crippen LogP contribution < -0.4 is 5.73 Å². The van der Waals surface area contributed by atoms with Gasteiger partial charge < -0.3 is 25.4 Å². The third-order valence-corrected chi connectivity index (χ3v) is 5.79. The number of halogens is 4. The summed E-state index contributed by atoms with van der Waals surface area (Å²) < 4.78 is 68.0. The van der Waals surface area contributed by atoms with Gasteiger partial charge in [-0.15, -0.1) is 0 Å². The number of fused-ring (bicyclic) bond motifs is 1. The Morgan fingerprint density at radius 3 is 2.52 bits per heavy atom. The molecule has 0 spiro atoms. The summed E-state index contributed by atoms with van der Waals surface area (Å²) in [5.41, 5.74) is 5.88. The Labute approximate surface area is 175 Å². The Kier molecular flexibility index (Phi) is 5.74. The monoisotopic (exact) mass is 461 g/mol. The Balaban J connectivity index is 1.91. The molecule has 1 aliphatic rings. The standard InChI is InChI=1S/C17H15F4N5O4S/c1-29-12-11(28)7(3-27)30-16(12)26-15-10(14(22)23-4-24-15)25-17(26)31-13-8(20)5(18)2-6(19)9(13)21/h2,4,7,11-12,16,27-28H,3H2,1H3,(H2,22,23,24)/t7-,11-,12-,16-/m1/s1. The van der Waals surface area contributed by atoms with Crippen molar-refractivity contribution in [2.45, 2.75) is 34.6 Å². The molecule has 31 heavy (non-hydrogen) atoms. The maximum absolute atomic E-state index is 14.3. The number of aromatic nitrogens is 4. The lowest BCUT2D eigenvalue weighted by Gasteiger charge is -2.21. The van der Waals surface area contributed by atoms with E-state index in [1.54, 1.807) is 0 Å². The van der Waals surface area contributed by atoms with Crippen LogP contribution in [0.1, 0.15) is 6.23 Å². The molecule has 0 bridgehead atoms. The van der Waals surface area contributed by atoms with Crippen LogP contribution >= 0.6 is 11.8 Å². The second-order valence-electron chi connectivity index (χ2n) is 6.53. The summed E-state index contributed by atoms with van der Waals surface area (Å²) in [4.78, 5) is 11.0. The number of methoxy groups -OCH3 is 1. The summed E-state index contributed by atoms with van der Waals surface area (Å²) in [7, 11) is 1.28. The number of aliphatic hydroxyl groups is 2. The first-order valence-corrected chi connectivity index (χ1v) is 9.56. The van der Waals surface area contributed by atoms with Gasteiger partial charge in [0.05, 0.1) is 11.5 Å². The zero-order valence-corrected chi connectivity index (χ0v) is 16.5. The summed E-state index contributed by atoms with van der Waals surface area (Å²) in [6.45, 7) is -0.553. The van der Waals surface area contributed by atoms with Gasteiger partial charge >= 0.3 is 0 Å². The maximum Gasteiger partial charge on any atom is 0.177 e. The number of benzene rings is 1. The zero-order valence-electron chi connectivity index (χ0n) is 15.7. The minimum atomic E-state index is -1.62. The molecule has 0 saturated carbocycles. The molecule has 4 rings (SSSR count). The van der Waals surface area contributed by atoms with E-state index in [0.29, 0.717) is 0 Å². The first-order chi connectivity index (χ1) is 14.8. The molecule has 0 aliphatic carbocycles. The van der Waals surface area contributed by atoms with Crippen molar-refractivity contribution in [2.75, 3.05) is 19.5 Å². The summed E-state index contributed by atoms with van der Waals surface area (Å²) >= 11 is 0.258. The Bertz CT molecular complexity index is 1120. The van der Waals surface area contributed by atoms with Crippen molar-refractivity contribution in [1.29, 1.82) is 0 Å². The van der Waals surface area contributed by atoms with Crippen LogP contribution in [-0.2, 0) is 9.47 Å². The summed E-state index contributed by atoms with van der Waals surface area (Å²) in [5.74, 6) is -6.50. The van der Waals surface area contributed by atoms with E-state index in [9.17, 15) is 27.8 Å². The van der Waals surface area contributed by atoms with E-state index in [4.69, 9.17) is 15.2 Å². The first kappa shape index (κ1) is 21.7. The van der Waals surface area contributed by atoms with E-state index < -0.39 is 59.3 Å². The molecule has 1 fully saturated rings. The largest absolute Gasteiger partial charge is 0.394 e. The fourth-order valence-corrected chi connectivity index (χ4v) is 4.25. The van der Waals surface area contributed by atoms with Crippen LogP contribution in [0.25, 0.3) is 11.2 Å². The number of hydrogen-bond acceptors (Lipinski definition) is 9. The van der Waals surface area contributed by atoms with Crippen LogP contribution in [0.4, 0.5) is 23.4 Å². The number of nitrogens with two attached hydrogens (primary N) is 1. The van der Waals surface area contributed by atoms with Crippen molar-refractivity contribution in [3.8, 4) is 0 Å². The van der Waals surface area contributed by atoms with Crippen molar-refractivity contribution in [3.63, 3.8) is 0 Å². The van der Waals surface area contributed by atoms with Crippen molar-refractivity contribution in [3.05, 3.63) is 35.7 Å². The molecule has 4 N–H and O–H groups in total. The third-order valence-electron chi connectivity index (χ3n) is 4.76. The van der Waals surface area contributed by atoms with E-state index in [2.05, 4.69) is 15.0 Å². The maximum atomic E-state index is 14.3. The average Bonchev–Trinajstić information content (AvgIpc) is 3.27. The van der Waals surface area contributed by atoms with Crippen LogP contribution in [0, 0.1) is 23.3 Å². The number of rotatable bonds is 5. The first-order valence-electron chi connectivity index (χ1n) is 8.74. The predicted octanol–water partition coefficient (Wildman–Crippen LogP) is 1.38. The highest BCUT2D eigenvalue weighted by Crippen LogP contribution is 2.41. The molecule has 14 heteroatoms. The number of imidazole rings is 1. The highest BCUT2D eigenvalue weighted by molar-refractivity contribution is 7.99. The lowest BCUT2D eigenvalue weighted by atomic mass is 10.1. The van der Waals surface area contributed by atoms with E-state index in [1.165, 1.54) is 11.7 Å². The number of ether oxygens (including phenoxy) is 2. The van der Waals surface area contributed by atoms with Gasteiger partial charge in [0, 0.05) is 13.2 Å². The highest BCUT2D eigenvalue weighted by Gasteiger charge is 2.46. The van der Waals surface area contributed by atoms with E-state index in [1.807, 2.05) is 0 Å². The van der Waals surface area contributed by atoms with Gasteiger partial charge in [-0.05, 0) is 11.8 Å². The van der Waals surface area contributed by atoms with Gasteiger partial charge in [-0.3, -0.25) is 4.57 Å². The highest BCUT2D eigenvalue weighted by atomic mass is 32.2. The minimum Gasteiger partial charge on any atom is -0.394 e. The van der Waals surface area contributed by atoms with Gasteiger partial charge in [0.15, 0.2) is 51.6 Å². The lowest BCUT2D eigenvalue weighted by molar-refractivity contribution is -0.0623. The molecule has 1 aliphatic heterocycles. The molecular formula is C17H15F4N5O4S. The van der Waals surface area contributed by atoms with E-state index in [-0.39, 0.29) is 40.0 Å². The molecule has 0 amide bonds. The van der Waals surface area contributed by atoms with Gasteiger partial charge in [0.1, 0.15) is 24.6 Å². The van der Waals surface area contributed by atoms with Crippen LogP contribution in [0.3, 0.4) is 0 Å². The number of nitrogen functional groups attached to an aromatic ring is 1. The van der Waals surface area contributed by atoms with Gasteiger partial charge in [0.25, 0.3) is 0 Å². The molecular weight excluding hydrogens is 446 g/mol. The van der Waals surface area contributed by atoms with Crippen LogP contribution in [0.15, 0.2) is 22.4 Å². The molecule has 1 aromatic carbocycles. The molecule has 1 saturated heterocycles. The Morgan fingerprint density at radius 2 is 1.90 bits per heavy atom. The van der Waals surface area contributed by atoms with Crippen LogP contribution in [0.5, 0.6) is 0 Å². The van der Waals surface area contributed by atoms with Crippen molar-refractivity contribution in [2.24, 2.45) is 0 Å². The van der Waals surface area contributed by atoms with Crippen molar-refractivity contribution in [1.82, 2.24) is 19.5 Å². The quantitative estimate of drug-likeness (QED) is 0.381. The number of hydrogen-bond donors (Lipinski definition) is 3. The fraction of sp³-hybridized carbons (Fsp3) is 0.353. The molecule has 0 unspecified atom stereocenters. The molecule has 0 radical (unpaired) electrons. The van der Waals surface area contributed by atoms with E-state index >= 15 is 0 Å². The third kappa shape index (κ3) is 3.49. The summed E-state index contributed by atoms with van der Waals surface area (Å²) in [6.07, 6.45) is -3.45. The molecule has 9 nitrogen and oxygen atoms in total. The molecule has 3 heterocycles. The second kappa shape index (κ2) is 8.20. The Morgan fingerprint density at radius 1 is 1.23 bits per heavy atom. The summed E-state index contributed by atoms with van der Waals surface area (Å²) in [5, 5.41) is 19.6. The molecule has 166 valence electrons. The van der Waals surface area contributed by atoms with Crippen LogP contribution in [-0.4, -0.2) is 61.8 Å². The van der Waals surface area contributed by atoms with Crippen LogP contribution in [0.2, 0.25) is 0 Å². The second-order valence-corrected chi connectivity index (χ2v) is 7.51. The Hall–Kier alpha value is -2.52. The number of nitrogens with zero attached hydrogens (tertiary/aromatic N) is 4. The van der Waals surface area contributed by atoms with Gasteiger partial charge in [0.2, 0.25) is 0 Å². The predicted molar refractivity (Wildman–Crippen MR) is 97.9 cm³/mol. The molecule has 2 aromatic heterocycles. The molecule has 3 aromatic rings. The lowest BCUT2D eigenvalue weighted by Crippen LogP contribution is -2.34. The smallest absolute Gasteiger partial charge is 0.177 e. The SMILES string of the molecule is CO[C@@H]1[C@H](O)[C@@H](CO)O[C@H]1n1c(Sc2c(F)c(F)cc(F)c2F)nc2c(N)ncnc21. The van der Waals surface area contributed by atoms with Crippen molar-refractivity contribution < 1.29 is 37.2 Å². The summed E-state index contributed by atoms with van der Waals surface area (Å²) in [6, 6.07) is 0.0877. The van der Waals surface area contributed by atoms with Gasteiger partial charge in [-0.25, -0.2) is 32.5 Å².